The van der Waals surface area contributed by atoms with E-state index in [2.05, 4.69) is 171 Å². The summed E-state index contributed by atoms with van der Waals surface area (Å²) in [6, 6.07) is 60.8. The maximum atomic E-state index is 6.75. The predicted molar refractivity (Wildman–Crippen MR) is 246 cm³/mol. The molecule has 0 radical (unpaired) electrons. The maximum absolute atomic E-state index is 6.75. The largest absolute Gasteiger partial charge is 0.438 e. The van der Waals surface area contributed by atoms with Gasteiger partial charge in [0, 0.05) is 85.1 Å². The Morgan fingerprint density at radius 3 is 1.31 bits per heavy atom. The summed E-state index contributed by atoms with van der Waals surface area (Å²) in [6.07, 6.45) is 3.51. The Balaban J connectivity index is 0.981. The minimum absolute atomic E-state index is 0.539. The van der Waals surface area contributed by atoms with Crippen molar-refractivity contribution in [3.63, 3.8) is 0 Å². The first-order valence-electron chi connectivity index (χ1n) is 20.2. The molecule has 0 aliphatic rings. The molecule has 13 aromatic rings. The Morgan fingerprint density at radius 2 is 0.754 bits per heavy atom. The summed E-state index contributed by atoms with van der Waals surface area (Å²) >= 11 is 0. The fourth-order valence-electron chi connectivity index (χ4n) is 9.00. The summed E-state index contributed by atoms with van der Waals surface area (Å²) in [5.41, 5.74) is 8.81. The van der Waals surface area contributed by atoms with E-state index in [4.69, 9.17) is 18.2 Å². The lowest BCUT2D eigenvalue weighted by molar-refractivity contribution is 0.653. The number of pyridine rings is 3. The summed E-state index contributed by atoms with van der Waals surface area (Å²) in [6.45, 7) is 0. The normalized spacial score (nSPS) is 11.9. The van der Waals surface area contributed by atoms with Crippen molar-refractivity contribution in [3.05, 3.63) is 188 Å². The number of rotatable bonds is 6. The van der Waals surface area contributed by atoms with E-state index in [9.17, 15) is 0 Å². The van der Waals surface area contributed by atoms with Crippen molar-refractivity contribution in [3.8, 4) is 0 Å². The van der Waals surface area contributed by atoms with E-state index in [0.717, 1.165) is 99.0 Å². The first-order chi connectivity index (χ1) is 30.2. The molecule has 0 atom stereocenters. The summed E-state index contributed by atoms with van der Waals surface area (Å²) in [5, 5.41) is 10.4. The molecule has 0 saturated heterocycles. The highest BCUT2D eigenvalue weighted by Crippen LogP contribution is 2.45. The predicted octanol–water partition coefficient (Wildman–Crippen LogP) is 14.8. The van der Waals surface area contributed by atoms with Gasteiger partial charge in [0.25, 0.3) is 0 Å². The van der Waals surface area contributed by atoms with Crippen molar-refractivity contribution in [2.24, 2.45) is 0 Å². The van der Waals surface area contributed by atoms with E-state index in [1.165, 1.54) is 0 Å². The van der Waals surface area contributed by atoms with Gasteiger partial charge in [-0.3, -0.25) is 4.90 Å². The molecule has 0 amide bonds. The smallest absolute Gasteiger partial charge is 0.229 e. The van der Waals surface area contributed by atoms with Gasteiger partial charge >= 0.3 is 0 Å². The van der Waals surface area contributed by atoms with Gasteiger partial charge in [0.05, 0.1) is 17.1 Å². The van der Waals surface area contributed by atoms with Crippen LogP contribution in [0.5, 0.6) is 0 Å². The van der Waals surface area contributed by atoms with Gasteiger partial charge in [-0.05, 0) is 95.7 Å². The summed E-state index contributed by atoms with van der Waals surface area (Å²) in [4.78, 5) is 18.7. The number of fused-ring (bicyclic) bond motifs is 11. The van der Waals surface area contributed by atoms with Crippen LogP contribution in [-0.4, -0.2) is 15.0 Å². The van der Waals surface area contributed by atoms with Crippen molar-refractivity contribution in [2.45, 2.75) is 0 Å². The van der Waals surface area contributed by atoms with Crippen molar-refractivity contribution < 1.29 is 13.3 Å². The minimum atomic E-state index is 0.539. The van der Waals surface area contributed by atoms with Crippen LogP contribution in [0, 0.1) is 0 Å². The number of hydrogen-bond donors (Lipinski definition) is 0. The fourth-order valence-corrected chi connectivity index (χ4v) is 9.00. The average molecular weight is 786 g/mol. The Kier molecular flexibility index (Phi) is 7.14. The third-order valence-electron chi connectivity index (χ3n) is 11.8. The van der Waals surface area contributed by atoms with Gasteiger partial charge in [0.15, 0.2) is 0 Å². The van der Waals surface area contributed by atoms with Gasteiger partial charge in [0.1, 0.15) is 22.6 Å². The summed E-state index contributed by atoms with van der Waals surface area (Å²) in [5.74, 6) is 0.711. The molecule has 0 saturated carbocycles. The first kappa shape index (κ1) is 33.5. The van der Waals surface area contributed by atoms with Gasteiger partial charge < -0.3 is 18.2 Å². The highest BCUT2D eigenvalue weighted by molar-refractivity contribution is 6.10. The first-order valence-corrected chi connectivity index (χ1v) is 20.2. The molecule has 6 aromatic heterocycles. The molecule has 0 N–H and O–H groups in total. The quantitative estimate of drug-likeness (QED) is 0.165. The molecule has 7 aromatic carbocycles. The number of furan rings is 3. The van der Waals surface area contributed by atoms with Crippen molar-refractivity contribution >= 4 is 122 Å². The second-order valence-corrected chi connectivity index (χ2v) is 15.2. The highest BCUT2D eigenvalue weighted by Gasteiger charge is 2.23. The lowest BCUT2D eigenvalue weighted by Gasteiger charge is -2.26. The topological polar surface area (TPSA) is 84.6 Å². The van der Waals surface area contributed by atoms with Crippen LogP contribution in [0.15, 0.2) is 202 Å². The lowest BCUT2D eigenvalue weighted by Crippen LogP contribution is -2.12. The standard InChI is InChI=1S/C53H31N5O3/c1-3-13-37-32(9-1)11-5-17-45(37)57(34-19-22-39-42-15-7-27-54-51(42)59-47(39)29-34)35-20-23-41-44-25-26-50(56-53(44)61-49(41)30-35)58(46-18-6-12-33-10-2-4-14-38(33)46)36-21-24-40-43-16-8-28-55-52(43)60-48(40)31-36/h1-31H. The molecule has 61 heavy (non-hydrogen) atoms. The Morgan fingerprint density at radius 1 is 0.328 bits per heavy atom. The molecule has 8 nitrogen and oxygen atoms in total. The minimum Gasteiger partial charge on any atom is -0.438 e. The van der Waals surface area contributed by atoms with Crippen molar-refractivity contribution in [1.29, 1.82) is 0 Å². The molecule has 0 unspecified atom stereocenters. The highest BCUT2D eigenvalue weighted by atomic mass is 16.3. The van der Waals surface area contributed by atoms with Gasteiger partial charge in [-0.2, -0.15) is 4.98 Å². The third kappa shape index (κ3) is 5.22. The van der Waals surface area contributed by atoms with Crippen LogP contribution in [-0.2, 0) is 0 Å². The third-order valence-corrected chi connectivity index (χ3v) is 11.8. The van der Waals surface area contributed by atoms with Gasteiger partial charge in [0.2, 0.25) is 17.1 Å². The molecule has 6 heterocycles. The SMILES string of the molecule is c1ccc2c(N(c3ccc4c(c3)oc3ncccc34)c3ccc4c(c3)oc3nc(N(c5ccc6c(c5)oc5ncccc56)c5cccc6ccccc56)ccc34)cccc2c1. The summed E-state index contributed by atoms with van der Waals surface area (Å²) < 4.78 is 19.3. The van der Waals surface area contributed by atoms with Crippen molar-refractivity contribution in [1.82, 2.24) is 15.0 Å². The van der Waals surface area contributed by atoms with E-state index in [-0.39, 0.29) is 0 Å². The second-order valence-electron chi connectivity index (χ2n) is 15.2. The molecule has 286 valence electrons. The van der Waals surface area contributed by atoms with Crippen LogP contribution < -0.4 is 9.80 Å². The van der Waals surface area contributed by atoms with E-state index in [1.54, 1.807) is 12.4 Å². The number of hydrogen-bond acceptors (Lipinski definition) is 8. The number of anilines is 6. The van der Waals surface area contributed by atoms with Crippen LogP contribution >= 0.6 is 0 Å². The maximum Gasteiger partial charge on any atom is 0.229 e. The van der Waals surface area contributed by atoms with E-state index in [1.807, 2.05) is 24.3 Å². The molecular formula is C53H31N5O3. The van der Waals surface area contributed by atoms with E-state index < -0.39 is 0 Å². The molecule has 0 aliphatic carbocycles. The van der Waals surface area contributed by atoms with Crippen LogP contribution in [0.2, 0.25) is 0 Å². The van der Waals surface area contributed by atoms with Crippen molar-refractivity contribution in [2.75, 3.05) is 9.80 Å². The molecule has 0 fully saturated rings. The fraction of sp³-hybridized carbons (Fsp3) is 0. The molecule has 0 aliphatic heterocycles. The zero-order chi connectivity index (χ0) is 40.0. The molecule has 0 bridgehead atoms. The molecule has 8 heteroatoms. The van der Waals surface area contributed by atoms with Crippen LogP contribution in [0.1, 0.15) is 0 Å². The molecule has 13 rings (SSSR count). The molecular weight excluding hydrogens is 755 g/mol. The zero-order valence-corrected chi connectivity index (χ0v) is 32.4. The number of aromatic nitrogens is 3. The number of benzene rings is 7. The average Bonchev–Trinajstić information content (AvgIpc) is 3.99. The summed E-state index contributed by atoms with van der Waals surface area (Å²) in [7, 11) is 0. The Labute approximate surface area is 347 Å². The van der Waals surface area contributed by atoms with Gasteiger partial charge in [-0.15, -0.1) is 0 Å². The monoisotopic (exact) mass is 785 g/mol. The van der Waals surface area contributed by atoms with Crippen LogP contribution in [0.4, 0.5) is 34.3 Å². The van der Waals surface area contributed by atoms with E-state index in [0.29, 0.717) is 23.0 Å². The Hall–Kier alpha value is -8.49. The van der Waals surface area contributed by atoms with Crippen LogP contribution in [0.25, 0.3) is 87.8 Å². The Bertz CT molecular complexity index is 3620. The number of nitrogens with zero attached hydrogens (tertiary/aromatic N) is 5. The van der Waals surface area contributed by atoms with E-state index >= 15 is 0 Å². The van der Waals surface area contributed by atoms with Gasteiger partial charge in [-0.1, -0.05) is 72.8 Å². The second kappa shape index (κ2) is 13.0. The lowest BCUT2D eigenvalue weighted by atomic mass is 10.1. The van der Waals surface area contributed by atoms with Gasteiger partial charge in [-0.25, -0.2) is 9.97 Å². The van der Waals surface area contributed by atoms with Crippen LogP contribution in [0.3, 0.4) is 0 Å². The zero-order valence-electron chi connectivity index (χ0n) is 32.4. The molecule has 0 spiro atoms.